The molecule has 2 rings (SSSR count). The molecule has 0 bridgehead atoms. The van der Waals surface area contributed by atoms with E-state index in [1.54, 1.807) is 0 Å². The molecule has 2 aliphatic rings. The van der Waals surface area contributed by atoms with Crippen LogP contribution in [0.1, 0.15) is 129 Å². The van der Waals surface area contributed by atoms with Crippen molar-refractivity contribution in [2.75, 3.05) is 41.7 Å². The van der Waals surface area contributed by atoms with Gasteiger partial charge in [-0.3, -0.25) is 9.59 Å². The van der Waals surface area contributed by atoms with E-state index in [-0.39, 0.29) is 36.3 Å². The molecule has 8 nitrogen and oxygen atoms in total. The molecular formula is C38H60O8. The zero-order chi connectivity index (χ0) is 33.9. The third-order valence-electron chi connectivity index (χ3n) is 9.22. The lowest BCUT2D eigenvalue weighted by Crippen LogP contribution is -2.25. The van der Waals surface area contributed by atoms with Gasteiger partial charge in [-0.15, -0.1) is 0 Å². The second kappa shape index (κ2) is 21.9. The van der Waals surface area contributed by atoms with E-state index in [4.69, 9.17) is 29.2 Å². The number of carbonyl (C=O) groups is 2. The third kappa shape index (κ3) is 10.6. The molecule has 260 valence electrons. The standard InChI is InChI=1S/C38H60O8/c1-27-29(23-19-15-11-7-9-13-17-21-25-39)33(41)37(45-5)35(43-3)31(27)32-28(2)30(34(42)38(46-6)36(32)44-4)24-20-16-12-8-10-14-18-22-26-40/h39-40H,7-26H2,1-6H3/b32-31+. The molecule has 0 radical (unpaired) electrons. The summed E-state index contributed by atoms with van der Waals surface area (Å²) in [6, 6.07) is 0. The number of rotatable bonds is 24. The van der Waals surface area contributed by atoms with Crippen LogP contribution in [-0.4, -0.2) is 63.4 Å². The molecule has 0 aliphatic heterocycles. The van der Waals surface area contributed by atoms with Gasteiger partial charge in [0.1, 0.15) is 0 Å². The van der Waals surface area contributed by atoms with Gasteiger partial charge in [-0.05, 0) is 63.5 Å². The van der Waals surface area contributed by atoms with Crippen LogP contribution in [-0.2, 0) is 28.5 Å². The van der Waals surface area contributed by atoms with Gasteiger partial charge >= 0.3 is 0 Å². The fourth-order valence-corrected chi connectivity index (χ4v) is 6.60. The van der Waals surface area contributed by atoms with Crippen molar-refractivity contribution in [3.05, 3.63) is 56.5 Å². The van der Waals surface area contributed by atoms with Crippen molar-refractivity contribution in [1.29, 1.82) is 0 Å². The lowest BCUT2D eigenvalue weighted by atomic mass is 9.78. The Labute approximate surface area is 277 Å². The van der Waals surface area contributed by atoms with E-state index in [0.717, 1.165) is 114 Å². The van der Waals surface area contributed by atoms with Gasteiger partial charge in [0.2, 0.25) is 23.1 Å². The van der Waals surface area contributed by atoms with Gasteiger partial charge in [0.25, 0.3) is 0 Å². The topological polar surface area (TPSA) is 112 Å². The summed E-state index contributed by atoms with van der Waals surface area (Å²) in [5.41, 5.74) is 4.41. The minimum absolute atomic E-state index is 0.161. The van der Waals surface area contributed by atoms with Crippen LogP contribution in [0.5, 0.6) is 0 Å². The van der Waals surface area contributed by atoms with Crippen LogP contribution in [0.25, 0.3) is 0 Å². The molecule has 8 heteroatoms. The summed E-state index contributed by atoms with van der Waals surface area (Å²) >= 11 is 0. The summed E-state index contributed by atoms with van der Waals surface area (Å²) in [6.07, 6.45) is 18.1. The molecule has 0 amide bonds. The van der Waals surface area contributed by atoms with E-state index >= 15 is 0 Å². The van der Waals surface area contributed by atoms with E-state index in [9.17, 15) is 9.59 Å². The van der Waals surface area contributed by atoms with Gasteiger partial charge in [-0.2, -0.15) is 0 Å². The van der Waals surface area contributed by atoms with E-state index < -0.39 is 0 Å². The highest BCUT2D eigenvalue weighted by Crippen LogP contribution is 2.44. The predicted octanol–water partition coefficient (Wildman–Crippen LogP) is 8.10. The van der Waals surface area contributed by atoms with Crippen molar-refractivity contribution in [2.24, 2.45) is 0 Å². The van der Waals surface area contributed by atoms with Gasteiger partial charge in [-0.1, -0.05) is 77.0 Å². The highest BCUT2D eigenvalue weighted by molar-refractivity contribution is 6.12. The molecule has 46 heavy (non-hydrogen) atoms. The molecule has 0 heterocycles. The second-order valence-electron chi connectivity index (χ2n) is 12.4. The van der Waals surface area contributed by atoms with Crippen LogP contribution in [0, 0.1) is 0 Å². The summed E-state index contributed by atoms with van der Waals surface area (Å²) in [5.74, 6) is 0.676. The number of ether oxygens (including phenoxy) is 4. The lowest BCUT2D eigenvalue weighted by molar-refractivity contribution is -0.116. The number of methoxy groups -OCH3 is 4. The Bertz CT molecular complexity index is 1080. The van der Waals surface area contributed by atoms with Gasteiger partial charge in [-0.25, -0.2) is 0 Å². The number of aliphatic hydroxyl groups excluding tert-OH is 2. The van der Waals surface area contributed by atoms with E-state index in [0.29, 0.717) is 46.7 Å². The smallest absolute Gasteiger partial charge is 0.227 e. The maximum atomic E-state index is 13.7. The number of Topliss-reactive ketones (excluding diaryl/α,β-unsaturated/α-hetero) is 2. The van der Waals surface area contributed by atoms with Crippen LogP contribution in [0.4, 0.5) is 0 Å². The molecule has 0 atom stereocenters. The van der Waals surface area contributed by atoms with Crippen molar-refractivity contribution in [3.63, 3.8) is 0 Å². The molecule has 2 N–H and O–H groups in total. The average molecular weight is 645 g/mol. The van der Waals surface area contributed by atoms with E-state index in [2.05, 4.69) is 0 Å². The molecule has 0 fully saturated rings. The number of aliphatic hydroxyl groups is 2. The van der Waals surface area contributed by atoms with Crippen LogP contribution in [0.3, 0.4) is 0 Å². The zero-order valence-electron chi connectivity index (χ0n) is 29.5. The Balaban J connectivity index is 2.39. The Kier molecular flexibility index (Phi) is 18.7. The first-order valence-corrected chi connectivity index (χ1v) is 17.4. The van der Waals surface area contributed by atoms with E-state index in [1.165, 1.54) is 28.4 Å². The molecule has 2 aliphatic carbocycles. The van der Waals surface area contributed by atoms with Crippen LogP contribution in [0.2, 0.25) is 0 Å². The summed E-state index contributed by atoms with van der Waals surface area (Å²) in [4.78, 5) is 27.4. The average Bonchev–Trinajstić information content (AvgIpc) is 3.05. The number of allylic oxidation sites excluding steroid dienone is 4. The highest BCUT2D eigenvalue weighted by Gasteiger charge is 2.39. The van der Waals surface area contributed by atoms with Crippen molar-refractivity contribution in [1.82, 2.24) is 0 Å². The summed E-state index contributed by atoms with van der Waals surface area (Å²) < 4.78 is 23.1. The van der Waals surface area contributed by atoms with Crippen molar-refractivity contribution in [2.45, 2.75) is 129 Å². The first kappa shape index (κ1) is 39.3. The molecular weight excluding hydrogens is 584 g/mol. The maximum Gasteiger partial charge on any atom is 0.227 e. The largest absolute Gasteiger partial charge is 0.492 e. The monoisotopic (exact) mass is 644 g/mol. The normalized spacial score (nSPS) is 17.5. The second-order valence-corrected chi connectivity index (χ2v) is 12.4. The molecule has 0 aromatic heterocycles. The minimum Gasteiger partial charge on any atom is -0.492 e. The number of unbranched alkanes of at least 4 members (excludes halogenated alkanes) is 14. The molecule has 0 aromatic rings. The quantitative estimate of drug-likeness (QED) is 0.101. The highest BCUT2D eigenvalue weighted by atomic mass is 16.5. The Morgan fingerprint density at radius 2 is 0.674 bits per heavy atom. The fourth-order valence-electron chi connectivity index (χ4n) is 6.60. The minimum atomic E-state index is -0.162. The van der Waals surface area contributed by atoms with Crippen LogP contribution < -0.4 is 0 Å². The Morgan fingerprint density at radius 1 is 0.413 bits per heavy atom. The van der Waals surface area contributed by atoms with Gasteiger partial charge in [0, 0.05) is 35.5 Å². The molecule has 0 saturated heterocycles. The first-order chi connectivity index (χ1) is 22.3. The summed E-state index contributed by atoms with van der Waals surface area (Å²) in [5, 5.41) is 17.9. The van der Waals surface area contributed by atoms with Gasteiger partial charge < -0.3 is 29.2 Å². The van der Waals surface area contributed by atoms with Crippen molar-refractivity contribution < 1.29 is 38.7 Å². The molecule has 0 unspecified atom stereocenters. The Morgan fingerprint density at radius 3 is 0.935 bits per heavy atom. The molecule has 0 spiro atoms. The molecule has 0 saturated carbocycles. The Hall–Kier alpha value is -2.84. The van der Waals surface area contributed by atoms with Gasteiger partial charge in [0.05, 0.1) is 28.4 Å². The predicted molar refractivity (Wildman–Crippen MR) is 182 cm³/mol. The van der Waals surface area contributed by atoms with Crippen molar-refractivity contribution >= 4 is 11.6 Å². The van der Waals surface area contributed by atoms with E-state index in [1.807, 2.05) is 13.8 Å². The number of hydrogen-bond acceptors (Lipinski definition) is 8. The number of carbonyl (C=O) groups excluding carboxylic acids is 2. The zero-order valence-corrected chi connectivity index (χ0v) is 29.5. The number of hydrogen-bond donors (Lipinski definition) is 2. The van der Waals surface area contributed by atoms with Crippen LogP contribution in [0.15, 0.2) is 56.5 Å². The lowest BCUT2D eigenvalue weighted by Gasteiger charge is -2.30. The van der Waals surface area contributed by atoms with Gasteiger partial charge in [0.15, 0.2) is 11.5 Å². The third-order valence-corrected chi connectivity index (χ3v) is 9.22. The summed E-state index contributed by atoms with van der Waals surface area (Å²) in [7, 11) is 6.04. The SMILES string of the molecule is COC1=C(OC)/C(=C2\C(C)=C(CCCCCCCCCCO)C(=O)C(OC)=C2OC)C(C)=C(CCCCCCCCCCO)C1=O. The van der Waals surface area contributed by atoms with Crippen molar-refractivity contribution in [3.8, 4) is 0 Å². The summed E-state index contributed by atoms with van der Waals surface area (Å²) in [6.45, 7) is 4.43. The maximum absolute atomic E-state index is 13.7. The van der Waals surface area contributed by atoms with Crippen LogP contribution >= 0.6 is 0 Å². The first-order valence-electron chi connectivity index (χ1n) is 17.4. The molecule has 0 aromatic carbocycles. The number of ketones is 2. The fraction of sp³-hybridized carbons (Fsp3) is 0.684.